The number of halogens is 3. The van der Waals surface area contributed by atoms with Gasteiger partial charge >= 0.3 is 6.18 Å². The SMILES string of the molecule is CN(CCC(F)(F)F)Cc1cc(CN)no1. The van der Waals surface area contributed by atoms with Crippen molar-refractivity contribution in [3.8, 4) is 0 Å². The molecule has 0 aliphatic carbocycles. The van der Waals surface area contributed by atoms with Crippen LogP contribution in [-0.4, -0.2) is 29.8 Å². The molecule has 0 aliphatic heterocycles. The van der Waals surface area contributed by atoms with Crippen LogP contribution in [-0.2, 0) is 13.1 Å². The number of hydrogen-bond acceptors (Lipinski definition) is 4. The van der Waals surface area contributed by atoms with Gasteiger partial charge in [-0.15, -0.1) is 0 Å². The van der Waals surface area contributed by atoms with Crippen molar-refractivity contribution < 1.29 is 17.7 Å². The molecular weight excluding hydrogens is 223 g/mol. The summed E-state index contributed by atoms with van der Waals surface area (Å²) >= 11 is 0. The van der Waals surface area contributed by atoms with E-state index in [1.54, 1.807) is 13.1 Å². The van der Waals surface area contributed by atoms with Crippen LogP contribution < -0.4 is 5.73 Å². The molecule has 1 aromatic rings. The van der Waals surface area contributed by atoms with Crippen LogP contribution in [0.2, 0.25) is 0 Å². The van der Waals surface area contributed by atoms with Crippen LogP contribution >= 0.6 is 0 Å². The van der Waals surface area contributed by atoms with Crippen LogP contribution in [0.4, 0.5) is 13.2 Å². The summed E-state index contributed by atoms with van der Waals surface area (Å²) in [4.78, 5) is 1.52. The summed E-state index contributed by atoms with van der Waals surface area (Å²) in [6.07, 6.45) is -4.96. The highest BCUT2D eigenvalue weighted by molar-refractivity contribution is 5.04. The molecule has 0 spiro atoms. The smallest absolute Gasteiger partial charge is 0.360 e. The van der Waals surface area contributed by atoms with Crippen molar-refractivity contribution in [1.82, 2.24) is 10.1 Å². The van der Waals surface area contributed by atoms with Gasteiger partial charge in [-0.05, 0) is 7.05 Å². The van der Waals surface area contributed by atoms with E-state index in [2.05, 4.69) is 5.16 Å². The summed E-state index contributed by atoms with van der Waals surface area (Å²) in [5.41, 5.74) is 5.92. The molecule has 2 N–H and O–H groups in total. The summed E-state index contributed by atoms with van der Waals surface area (Å²) < 4.78 is 40.7. The van der Waals surface area contributed by atoms with Crippen LogP contribution in [0.15, 0.2) is 10.6 Å². The van der Waals surface area contributed by atoms with Gasteiger partial charge in [0.05, 0.1) is 18.7 Å². The van der Waals surface area contributed by atoms with Crippen LogP contribution in [0.25, 0.3) is 0 Å². The first-order valence-electron chi connectivity index (χ1n) is 4.80. The van der Waals surface area contributed by atoms with Gasteiger partial charge < -0.3 is 10.3 Å². The molecule has 0 radical (unpaired) electrons. The Hall–Kier alpha value is -1.08. The Morgan fingerprint density at radius 2 is 2.19 bits per heavy atom. The van der Waals surface area contributed by atoms with Gasteiger partial charge in [-0.3, -0.25) is 4.90 Å². The maximum atomic E-state index is 11.9. The second-order valence-corrected chi connectivity index (χ2v) is 3.59. The molecule has 16 heavy (non-hydrogen) atoms. The average Bonchev–Trinajstić information content (AvgIpc) is 2.61. The highest BCUT2D eigenvalue weighted by atomic mass is 19.4. The van der Waals surface area contributed by atoms with E-state index in [-0.39, 0.29) is 13.1 Å². The molecule has 0 aromatic carbocycles. The first kappa shape index (κ1) is 13.0. The van der Waals surface area contributed by atoms with Crippen molar-refractivity contribution in [1.29, 1.82) is 0 Å². The highest BCUT2D eigenvalue weighted by Crippen LogP contribution is 2.19. The molecule has 0 bridgehead atoms. The molecular formula is C9H14F3N3O. The van der Waals surface area contributed by atoms with Gasteiger partial charge in [0.1, 0.15) is 0 Å². The Bertz CT molecular complexity index is 324. The van der Waals surface area contributed by atoms with E-state index < -0.39 is 12.6 Å². The first-order valence-corrected chi connectivity index (χ1v) is 4.80. The van der Waals surface area contributed by atoms with Gasteiger partial charge in [0.2, 0.25) is 0 Å². The normalized spacial score (nSPS) is 12.4. The molecule has 1 aromatic heterocycles. The van der Waals surface area contributed by atoms with Gasteiger partial charge in [-0.25, -0.2) is 0 Å². The Morgan fingerprint density at radius 1 is 1.50 bits per heavy atom. The van der Waals surface area contributed by atoms with Gasteiger partial charge in [-0.2, -0.15) is 13.2 Å². The van der Waals surface area contributed by atoms with Crippen molar-refractivity contribution in [2.45, 2.75) is 25.7 Å². The van der Waals surface area contributed by atoms with Crippen LogP contribution in [0.1, 0.15) is 17.9 Å². The summed E-state index contributed by atoms with van der Waals surface area (Å²) in [5.74, 6) is 0.519. The van der Waals surface area contributed by atoms with Crippen molar-refractivity contribution in [3.05, 3.63) is 17.5 Å². The highest BCUT2D eigenvalue weighted by Gasteiger charge is 2.27. The number of hydrogen-bond donors (Lipinski definition) is 1. The number of nitrogens with zero attached hydrogens (tertiary/aromatic N) is 2. The summed E-state index contributed by atoms with van der Waals surface area (Å²) in [6, 6.07) is 1.64. The molecule has 1 heterocycles. The molecule has 0 unspecified atom stereocenters. The van der Waals surface area contributed by atoms with Crippen molar-refractivity contribution >= 4 is 0 Å². The number of alkyl halides is 3. The predicted molar refractivity (Wildman–Crippen MR) is 51.4 cm³/mol. The minimum atomic E-state index is -4.13. The lowest BCUT2D eigenvalue weighted by Crippen LogP contribution is -2.23. The predicted octanol–water partition coefficient (Wildman–Crippen LogP) is 1.52. The van der Waals surface area contributed by atoms with E-state index in [1.165, 1.54) is 4.90 Å². The van der Waals surface area contributed by atoms with Crippen LogP contribution in [0.5, 0.6) is 0 Å². The van der Waals surface area contributed by atoms with Gasteiger partial charge in [0.25, 0.3) is 0 Å². The van der Waals surface area contributed by atoms with E-state index in [1.807, 2.05) is 0 Å². The molecule has 7 heteroatoms. The minimum absolute atomic E-state index is 0.0673. The van der Waals surface area contributed by atoms with Crippen molar-refractivity contribution in [2.24, 2.45) is 5.73 Å². The third kappa shape index (κ3) is 4.63. The van der Waals surface area contributed by atoms with Crippen molar-refractivity contribution in [3.63, 3.8) is 0 Å². The van der Waals surface area contributed by atoms with E-state index in [0.717, 1.165) is 0 Å². The quantitative estimate of drug-likeness (QED) is 0.843. The zero-order valence-electron chi connectivity index (χ0n) is 8.92. The zero-order chi connectivity index (χ0) is 12.2. The third-order valence-corrected chi connectivity index (χ3v) is 2.02. The van der Waals surface area contributed by atoms with Crippen molar-refractivity contribution in [2.75, 3.05) is 13.6 Å². The molecule has 0 saturated heterocycles. The fraction of sp³-hybridized carbons (Fsp3) is 0.667. The van der Waals surface area contributed by atoms with E-state index in [4.69, 9.17) is 10.3 Å². The standard InChI is InChI=1S/C9H14F3N3O/c1-15(3-2-9(10,11)12)6-8-4-7(5-13)14-16-8/h4H,2-3,5-6,13H2,1H3. The topological polar surface area (TPSA) is 55.3 Å². The summed E-state index contributed by atoms with van der Waals surface area (Å²) in [6.45, 7) is 0.487. The molecule has 0 amide bonds. The van der Waals surface area contributed by atoms with E-state index in [0.29, 0.717) is 18.0 Å². The van der Waals surface area contributed by atoms with Gasteiger partial charge in [0, 0.05) is 19.2 Å². The Morgan fingerprint density at radius 3 is 2.69 bits per heavy atom. The summed E-state index contributed by atoms with van der Waals surface area (Å²) in [7, 11) is 1.59. The van der Waals surface area contributed by atoms with E-state index >= 15 is 0 Å². The molecule has 0 aliphatic rings. The molecule has 0 atom stereocenters. The first-order chi connectivity index (χ1) is 7.40. The number of aromatic nitrogens is 1. The second kappa shape index (κ2) is 5.31. The van der Waals surface area contributed by atoms with Gasteiger partial charge in [0.15, 0.2) is 5.76 Å². The molecule has 4 nitrogen and oxygen atoms in total. The second-order valence-electron chi connectivity index (χ2n) is 3.59. The summed E-state index contributed by atoms with van der Waals surface area (Å²) in [5, 5.41) is 3.65. The average molecular weight is 237 g/mol. The number of rotatable bonds is 5. The lowest BCUT2D eigenvalue weighted by atomic mass is 10.3. The molecule has 1 rings (SSSR count). The third-order valence-electron chi connectivity index (χ3n) is 2.02. The Labute approximate surface area is 91.2 Å². The fourth-order valence-corrected chi connectivity index (χ4v) is 1.19. The van der Waals surface area contributed by atoms with Crippen LogP contribution in [0, 0.1) is 0 Å². The Kier molecular flexibility index (Phi) is 4.31. The lowest BCUT2D eigenvalue weighted by molar-refractivity contribution is -0.137. The lowest BCUT2D eigenvalue weighted by Gasteiger charge is -2.15. The van der Waals surface area contributed by atoms with Crippen LogP contribution in [0.3, 0.4) is 0 Å². The monoisotopic (exact) mass is 237 g/mol. The zero-order valence-corrected chi connectivity index (χ0v) is 8.92. The minimum Gasteiger partial charge on any atom is -0.360 e. The maximum Gasteiger partial charge on any atom is 0.390 e. The van der Waals surface area contributed by atoms with Gasteiger partial charge in [-0.1, -0.05) is 5.16 Å². The number of nitrogens with two attached hydrogens (primary N) is 1. The largest absolute Gasteiger partial charge is 0.390 e. The fourth-order valence-electron chi connectivity index (χ4n) is 1.19. The van der Waals surface area contributed by atoms with E-state index in [9.17, 15) is 13.2 Å². The maximum absolute atomic E-state index is 11.9. The Balaban J connectivity index is 2.36. The molecule has 0 fully saturated rings. The molecule has 0 saturated carbocycles. The molecule has 92 valence electrons.